The lowest BCUT2D eigenvalue weighted by Crippen LogP contribution is -2.14. The lowest BCUT2D eigenvalue weighted by atomic mass is 10.1. The van der Waals surface area contributed by atoms with Crippen LogP contribution in [0.4, 0.5) is 0 Å². The van der Waals surface area contributed by atoms with E-state index in [-0.39, 0.29) is 4.75 Å². The third-order valence-electron chi connectivity index (χ3n) is 2.06. The van der Waals surface area contributed by atoms with Crippen molar-refractivity contribution in [3.8, 4) is 0 Å². The molecule has 0 radical (unpaired) electrons. The highest BCUT2D eigenvalue weighted by atomic mass is 32.2. The van der Waals surface area contributed by atoms with Crippen LogP contribution in [-0.4, -0.2) is 29.0 Å². The van der Waals surface area contributed by atoms with Crippen LogP contribution < -0.4 is 0 Å². The number of hydrogen-bond acceptors (Lipinski definition) is 3. The van der Waals surface area contributed by atoms with E-state index in [1.54, 1.807) is 0 Å². The molecule has 14 heavy (non-hydrogen) atoms. The minimum Gasteiger partial charge on any atom is -0.381 e. The summed E-state index contributed by atoms with van der Waals surface area (Å²) in [6, 6.07) is 0. The third kappa shape index (κ3) is 10.7. The number of ether oxygens (including phenoxy) is 1. The van der Waals surface area contributed by atoms with E-state index in [4.69, 9.17) is 4.74 Å². The van der Waals surface area contributed by atoms with E-state index in [9.17, 15) is 0 Å². The van der Waals surface area contributed by atoms with Crippen LogP contribution in [0.15, 0.2) is 0 Å². The summed E-state index contributed by atoms with van der Waals surface area (Å²) >= 11 is 6.43. The second-order valence-electron chi connectivity index (χ2n) is 4.26. The number of thiol groups is 1. The maximum absolute atomic E-state index is 5.53. The zero-order valence-corrected chi connectivity index (χ0v) is 11.6. The van der Waals surface area contributed by atoms with Crippen LogP contribution in [0.25, 0.3) is 0 Å². The van der Waals surface area contributed by atoms with Gasteiger partial charge >= 0.3 is 0 Å². The summed E-state index contributed by atoms with van der Waals surface area (Å²) in [5, 5.41) is 0.764. The van der Waals surface area contributed by atoms with Gasteiger partial charge in [-0.1, -0.05) is 27.7 Å². The summed E-state index contributed by atoms with van der Waals surface area (Å²) in [7, 11) is 0. The molecule has 0 aliphatic carbocycles. The van der Waals surface area contributed by atoms with Crippen LogP contribution in [0.2, 0.25) is 0 Å². The zero-order valence-electron chi connectivity index (χ0n) is 9.88. The van der Waals surface area contributed by atoms with Gasteiger partial charge in [0.1, 0.15) is 0 Å². The summed E-state index contributed by atoms with van der Waals surface area (Å²) in [4.78, 5) is 0. The van der Waals surface area contributed by atoms with Crippen LogP contribution in [0.1, 0.15) is 40.5 Å². The van der Waals surface area contributed by atoms with E-state index in [1.807, 2.05) is 11.8 Å². The first-order valence-corrected chi connectivity index (χ1v) is 6.87. The summed E-state index contributed by atoms with van der Waals surface area (Å²) in [6.07, 6.45) is 2.26. The van der Waals surface area contributed by atoms with E-state index in [0.29, 0.717) is 0 Å². The van der Waals surface area contributed by atoms with Crippen molar-refractivity contribution < 1.29 is 4.74 Å². The first-order chi connectivity index (χ1) is 6.45. The van der Waals surface area contributed by atoms with Crippen molar-refractivity contribution in [1.29, 1.82) is 0 Å². The van der Waals surface area contributed by atoms with Crippen molar-refractivity contribution in [1.82, 2.24) is 0 Å². The van der Waals surface area contributed by atoms with Crippen molar-refractivity contribution in [2.45, 2.75) is 50.5 Å². The molecule has 0 aromatic rings. The quantitative estimate of drug-likeness (QED) is 0.509. The summed E-state index contributed by atoms with van der Waals surface area (Å²) in [5.74, 6) is 1.11. The average molecular weight is 236 g/mol. The molecule has 1 nitrogen and oxygen atoms in total. The fourth-order valence-electron chi connectivity index (χ4n) is 0.850. The van der Waals surface area contributed by atoms with Crippen LogP contribution in [0, 0.1) is 0 Å². The van der Waals surface area contributed by atoms with Crippen LogP contribution in [0.3, 0.4) is 0 Å². The van der Waals surface area contributed by atoms with Gasteiger partial charge in [-0.25, -0.2) is 0 Å². The molecule has 1 unspecified atom stereocenters. The molecule has 0 aliphatic rings. The van der Waals surface area contributed by atoms with Crippen LogP contribution in [-0.2, 0) is 4.74 Å². The monoisotopic (exact) mass is 236 g/mol. The first-order valence-electron chi connectivity index (χ1n) is 5.37. The van der Waals surface area contributed by atoms with Gasteiger partial charge < -0.3 is 4.74 Å². The molecule has 0 amide bonds. The Labute approximate surface area is 98.8 Å². The molecular formula is C11H24OS2. The first kappa shape index (κ1) is 14.7. The van der Waals surface area contributed by atoms with Gasteiger partial charge in [0.25, 0.3) is 0 Å². The molecule has 0 aromatic heterocycles. The van der Waals surface area contributed by atoms with Gasteiger partial charge in [-0.2, -0.15) is 24.4 Å². The summed E-state index contributed by atoms with van der Waals surface area (Å²) in [5.41, 5.74) is 0. The van der Waals surface area contributed by atoms with E-state index >= 15 is 0 Å². The molecule has 0 fully saturated rings. The van der Waals surface area contributed by atoms with Gasteiger partial charge in [0.05, 0.1) is 6.61 Å². The normalized spacial score (nSPS) is 14.4. The Morgan fingerprint density at radius 1 is 1.36 bits per heavy atom. The van der Waals surface area contributed by atoms with Gasteiger partial charge in [-0.15, -0.1) is 0 Å². The second kappa shape index (κ2) is 7.89. The Morgan fingerprint density at radius 3 is 2.50 bits per heavy atom. The maximum atomic E-state index is 5.53. The van der Waals surface area contributed by atoms with E-state index in [2.05, 4.69) is 40.3 Å². The third-order valence-corrected chi connectivity index (χ3v) is 3.59. The lowest BCUT2D eigenvalue weighted by Gasteiger charge is -2.16. The van der Waals surface area contributed by atoms with Crippen molar-refractivity contribution in [3.63, 3.8) is 0 Å². The standard InChI is InChI=1S/C11H24OS2/c1-5-10(2)14-9-8-12-7-6-11(3,4)13/h10,13H,5-9H2,1-4H3. The minimum absolute atomic E-state index is 0.101. The molecule has 1 atom stereocenters. The molecule has 0 aliphatic heterocycles. The van der Waals surface area contributed by atoms with Gasteiger partial charge in [-0.3, -0.25) is 0 Å². The number of rotatable bonds is 8. The van der Waals surface area contributed by atoms with Crippen molar-refractivity contribution in [2.24, 2.45) is 0 Å². The fraction of sp³-hybridized carbons (Fsp3) is 1.00. The van der Waals surface area contributed by atoms with Crippen molar-refractivity contribution >= 4 is 24.4 Å². The predicted octanol–water partition coefficient (Wildman–Crippen LogP) is 3.63. The summed E-state index contributed by atoms with van der Waals surface area (Å²) < 4.78 is 5.64. The molecule has 0 saturated heterocycles. The highest BCUT2D eigenvalue weighted by Gasteiger charge is 2.10. The average Bonchev–Trinajstić information content (AvgIpc) is 2.08. The second-order valence-corrected chi connectivity index (χ2v) is 7.02. The van der Waals surface area contributed by atoms with Gasteiger partial charge in [0.15, 0.2) is 0 Å². The van der Waals surface area contributed by atoms with E-state index in [0.717, 1.165) is 30.6 Å². The SMILES string of the molecule is CCC(C)SCCOCCC(C)(C)S. The van der Waals surface area contributed by atoms with E-state index < -0.39 is 0 Å². The Balaban J connectivity index is 3.14. The number of thioether (sulfide) groups is 1. The Morgan fingerprint density at radius 2 is 2.00 bits per heavy atom. The largest absolute Gasteiger partial charge is 0.381 e. The van der Waals surface area contributed by atoms with Crippen molar-refractivity contribution in [3.05, 3.63) is 0 Å². The van der Waals surface area contributed by atoms with Crippen LogP contribution in [0.5, 0.6) is 0 Å². The zero-order chi connectivity index (χ0) is 11.0. The minimum atomic E-state index is 0.101. The molecule has 0 heterocycles. The lowest BCUT2D eigenvalue weighted by molar-refractivity contribution is 0.142. The fourth-order valence-corrected chi connectivity index (χ4v) is 1.79. The van der Waals surface area contributed by atoms with E-state index in [1.165, 1.54) is 6.42 Å². The molecule has 0 N–H and O–H groups in total. The molecule has 0 saturated carbocycles. The Kier molecular flexibility index (Phi) is 8.26. The van der Waals surface area contributed by atoms with Crippen molar-refractivity contribution in [2.75, 3.05) is 19.0 Å². The maximum Gasteiger partial charge on any atom is 0.0556 e. The highest BCUT2D eigenvalue weighted by Crippen LogP contribution is 2.17. The number of hydrogen-bond donors (Lipinski definition) is 1. The molecule has 3 heteroatoms. The Hall–Kier alpha value is 0.660. The van der Waals surface area contributed by atoms with Gasteiger partial charge in [-0.05, 0) is 12.8 Å². The molecular weight excluding hydrogens is 212 g/mol. The predicted molar refractivity (Wildman–Crippen MR) is 70.7 cm³/mol. The molecule has 0 aromatic carbocycles. The molecule has 86 valence electrons. The van der Waals surface area contributed by atoms with Gasteiger partial charge in [0.2, 0.25) is 0 Å². The van der Waals surface area contributed by atoms with Crippen LogP contribution >= 0.6 is 24.4 Å². The molecule has 0 bridgehead atoms. The van der Waals surface area contributed by atoms with Gasteiger partial charge in [0, 0.05) is 22.4 Å². The molecule has 0 rings (SSSR count). The topological polar surface area (TPSA) is 9.23 Å². The highest BCUT2D eigenvalue weighted by molar-refractivity contribution is 7.99. The smallest absolute Gasteiger partial charge is 0.0556 e. The Bertz CT molecular complexity index is 132. The molecule has 0 spiro atoms. The summed E-state index contributed by atoms with van der Waals surface area (Å²) in [6.45, 7) is 10.4.